The topological polar surface area (TPSA) is 90.8 Å². The Morgan fingerprint density at radius 3 is 2.78 bits per heavy atom. The normalized spacial score (nSPS) is 12.9. The molecule has 0 aliphatic heterocycles. The number of anilines is 1. The number of rotatable bonds is 3. The van der Waals surface area contributed by atoms with E-state index in [9.17, 15) is 4.79 Å². The van der Waals surface area contributed by atoms with Gasteiger partial charge in [-0.1, -0.05) is 0 Å². The number of nitrogens with zero attached hydrogens (tertiary/aromatic N) is 4. The van der Waals surface area contributed by atoms with Crippen LogP contribution < -0.4 is 11.1 Å². The third-order valence-electron chi connectivity index (χ3n) is 3.08. The van der Waals surface area contributed by atoms with E-state index in [2.05, 4.69) is 15.4 Å². The zero-order valence-electron chi connectivity index (χ0n) is 11.1. The van der Waals surface area contributed by atoms with Gasteiger partial charge in [-0.2, -0.15) is 5.10 Å². The average molecular weight is 250 g/mol. The van der Waals surface area contributed by atoms with E-state index in [1.165, 1.54) is 0 Å². The van der Waals surface area contributed by atoms with Gasteiger partial charge in [-0.3, -0.25) is 9.36 Å². The molecule has 0 aliphatic carbocycles. The highest BCUT2D eigenvalue weighted by atomic mass is 16.2. The Balaban J connectivity index is 2.69. The van der Waals surface area contributed by atoms with E-state index < -0.39 is 6.04 Å². The molecular formula is C11H18N6O. The van der Waals surface area contributed by atoms with Crippen molar-refractivity contribution in [3.05, 3.63) is 5.69 Å². The van der Waals surface area contributed by atoms with Crippen LogP contribution in [-0.4, -0.2) is 32.3 Å². The largest absolute Gasteiger partial charge is 0.369 e. The van der Waals surface area contributed by atoms with Crippen molar-refractivity contribution in [2.24, 2.45) is 0 Å². The summed E-state index contributed by atoms with van der Waals surface area (Å²) >= 11 is 0. The molecule has 1 amide bonds. The Hall–Kier alpha value is -2.05. The van der Waals surface area contributed by atoms with Crippen molar-refractivity contribution < 1.29 is 4.79 Å². The zero-order chi connectivity index (χ0) is 13.4. The van der Waals surface area contributed by atoms with Crippen LogP contribution in [0, 0.1) is 6.92 Å². The van der Waals surface area contributed by atoms with Gasteiger partial charge in [-0.15, -0.1) is 0 Å². The first-order valence-electron chi connectivity index (χ1n) is 5.93. The number of imidazole rings is 1. The van der Waals surface area contributed by atoms with Crippen molar-refractivity contribution in [2.75, 3.05) is 12.8 Å². The second kappa shape index (κ2) is 4.32. The van der Waals surface area contributed by atoms with Crippen LogP contribution in [0.15, 0.2) is 0 Å². The summed E-state index contributed by atoms with van der Waals surface area (Å²) in [6.45, 7) is 6.37. The van der Waals surface area contributed by atoms with Crippen LogP contribution >= 0.6 is 0 Å². The van der Waals surface area contributed by atoms with Gasteiger partial charge in [-0.05, 0) is 20.8 Å². The summed E-state index contributed by atoms with van der Waals surface area (Å²) < 4.78 is 3.53. The second-order valence-corrected chi connectivity index (χ2v) is 4.20. The van der Waals surface area contributed by atoms with Crippen LogP contribution in [0.2, 0.25) is 0 Å². The average Bonchev–Trinajstić information content (AvgIpc) is 2.84. The van der Waals surface area contributed by atoms with E-state index in [1.807, 2.05) is 18.5 Å². The highest BCUT2D eigenvalue weighted by Gasteiger charge is 2.23. The van der Waals surface area contributed by atoms with E-state index in [-0.39, 0.29) is 5.91 Å². The fourth-order valence-corrected chi connectivity index (χ4v) is 2.13. The molecule has 1 unspecified atom stereocenters. The standard InChI is InChI=1S/C11H18N6O/c1-5-16-10-8(6(2)15-16)14-11(12)17(10)7(3)9(18)13-4/h7H,5H2,1-4H3,(H2,12,14)(H,13,18). The maximum atomic E-state index is 11.8. The van der Waals surface area contributed by atoms with Crippen molar-refractivity contribution in [2.45, 2.75) is 33.4 Å². The van der Waals surface area contributed by atoms with E-state index in [0.717, 1.165) is 16.9 Å². The SMILES string of the molecule is CCn1nc(C)c2nc(N)n(C(C)C(=O)NC)c21. The first-order chi connectivity index (χ1) is 8.51. The Morgan fingerprint density at radius 1 is 1.56 bits per heavy atom. The van der Waals surface area contributed by atoms with Gasteiger partial charge >= 0.3 is 0 Å². The molecule has 0 bridgehead atoms. The van der Waals surface area contributed by atoms with Gasteiger partial charge in [-0.25, -0.2) is 9.67 Å². The lowest BCUT2D eigenvalue weighted by atomic mass is 10.3. The van der Waals surface area contributed by atoms with Gasteiger partial charge in [0, 0.05) is 13.6 Å². The van der Waals surface area contributed by atoms with Crippen LogP contribution in [0.4, 0.5) is 5.95 Å². The van der Waals surface area contributed by atoms with Crippen molar-refractivity contribution in [3.8, 4) is 0 Å². The lowest BCUT2D eigenvalue weighted by Gasteiger charge is -2.14. The number of hydrogen-bond acceptors (Lipinski definition) is 4. The lowest BCUT2D eigenvalue weighted by Crippen LogP contribution is -2.29. The molecule has 0 saturated heterocycles. The van der Waals surface area contributed by atoms with Gasteiger partial charge in [0.25, 0.3) is 0 Å². The summed E-state index contributed by atoms with van der Waals surface area (Å²) in [6.07, 6.45) is 0. The number of nitrogen functional groups attached to an aromatic ring is 1. The maximum absolute atomic E-state index is 11.8. The number of nitrogens with one attached hydrogen (secondary N) is 1. The van der Waals surface area contributed by atoms with E-state index in [0.29, 0.717) is 12.5 Å². The highest BCUT2D eigenvalue weighted by Crippen LogP contribution is 2.25. The molecule has 0 spiro atoms. The van der Waals surface area contributed by atoms with Crippen LogP contribution in [0.25, 0.3) is 11.2 Å². The highest BCUT2D eigenvalue weighted by molar-refractivity contribution is 5.84. The van der Waals surface area contributed by atoms with Crippen molar-refractivity contribution in [3.63, 3.8) is 0 Å². The van der Waals surface area contributed by atoms with Crippen LogP contribution in [0.1, 0.15) is 25.6 Å². The fourth-order valence-electron chi connectivity index (χ4n) is 2.13. The number of carbonyl (C=O) groups excluding carboxylic acids is 1. The summed E-state index contributed by atoms with van der Waals surface area (Å²) in [5.41, 5.74) is 8.28. The summed E-state index contributed by atoms with van der Waals surface area (Å²) in [5, 5.41) is 7.00. The predicted octanol–water partition coefficient (Wildman–Crippen LogP) is 0.450. The Bertz CT molecular complexity index is 596. The molecule has 18 heavy (non-hydrogen) atoms. The summed E-state index contributed by atoms with van der Waals surface area (Å²) in [7, 11) is 1.60. The number of likely N-dealkylation sites (N-methyl/N-ethyl adjacent to an activating group) is 1. The van der Waals surface area contributed by atoms with Crippen LogP contribution in [0.5, 0.6) is 0 Å². The molecule has 98 valence electrons. The number of amides is 1. The molecule has 2 aromatic heterocycles. The zero-order valence-corrected chi connectivity index (χ0v) is 11.1. The quantitative estimate of drug-likeness (QED) is 0.827. The first-order valence-corrected chi connectivity index (χ1v) is 5.93. The molecule has 0 saturated carbocycles. The van der Waals surface area contributed by atoms with Crippen molar-refractivity contribution >= 4 is 23.0 Å². The molecule has 7 heteroatoms. The van der Waals surface area contributed by atoms with Crippen molar-refractivity contribution in [1.82, 2.24) is 24.6 Å². The Morgan fingerprint density at radius 2 is 2.22 bits per heavy atom. The minimum Gasteiger partial charge on any atom is -0.369 e. The minimum atomic E-state index is -0.415. The van der Waals surface area contributed by atoms with E-state index in [4.69, 9.17) is 5.73 Å². The van der Waals surface area contributed by atoms with Crippen LogP contribution in [-0.2, 0) is 11.3 Å². The van der Waals surface area contributed by atoms with Gasteiger partial charge in [0.15, 0.2) is 5.65 Å². The number of hydrogen-bond donors (Lipinski definition) is 2. The van der Waals surface area contributed by atoms with E-state index >= 15 is 0 Å². The lowest BCUT2D eigenvalue weighted by molar-refractivity contribution is -0.123. The molecular weight excluding hydrogens is 232 g/mol. The first kappa shape index (κ1) is 12.4. The minimum absolute atomic E-state index is 0.109. The van der Waals surface area contributed by atoms with Gasteiger partial charge in [0.1, 0.15) is 11.6 Å². The molecule has 2 rings (SSSR count). The molecule has 0 aromatic carbocycles. The molecule has 0 radical (unpaired) electrons. The molecule has 0 aliphatic rings. The molecule has 7 nitrogen and oxygen atoms in total. The monoisotopic (exact) mass is 250 g/mol. The number of nitrogens with two attached hydrogens (primary N) is 1. The number of aromatic nitrogens is 4. The molecule has 2 aromatic rings. The maximum Gasteiger partial charge on any atom is 0.242 e. The third-order valence-corrected chi connectivity index (χ3v) is 3.08. The number of aryl methyl sites for hydroxylation is 2. The Kier molecular flexibility index (Phi) is 2.98. The van der Waals surface area contributed by atoms with Crippen molar-refractivity contribution in [1.29, 1.82) is 0 Å². The van der Waals surface area contributed by atoms with Gasteiger partial charge in [0.2, 0.25) is 11.9 Å². The van der Waals surface area contributed by atoms with Crippen LogP contribution in [0.3, 0.4) is 0 Å². The molecule has 2 heterocycles. The predicted molar refractivity (Wildman–Crippen MR) is 69.1 cm³/mol. The Labute approximate surface area is 105 Å². The second-order valence-electron chi connectivity index (χ2n) is 4.20. The summed E-state index contributed by atoms with van der Waals surface area (Å²) in [6, 6.07) is -0.415. The number of carbonyl (C=O) groups is 1. The van der Waals surface area contributed by atoms with E-state index in [1.54, 1.807) is 18.5 Å². The van der Waals surface area contributed by atoms with Gasteiger partial charge in [0.05, 0.1) is 5.69 Å². The molecule has 3 N–H and O–H groups in total. The molecule has 1 atom stereocenters. The molecule has 0 fully saturated rings. The number of fused-ring (bicyclic) bond motifs is 1. The fraction of sp³-hybridized carbons (Fsp3) is 0.545. The summed E-state index contributed by atoms with van der Waals surface area (Å²) in [5.74, 6) is 0.228. The smallest absolute Gasteiger partial charge is 0.242 e. The van der Waals surface area contributed by atoms with Gasteiger partial charge < -0.3 is 11.1 Å². The third kappa shape index (κ3) is 1.62. The summed E-state index contributed by atoms with van der Waals surface area (Å²) in [4.78, 5) is 16.1.